The van der Waals surface area contributed by atoms with Crippen LogP contribution >= 0.6 is 0 Å². The summed E-state index contributed by atoms with van der Waals surface area (Å²) in [5, 5.41) is 2.57. The van der Waals surface area contributed by atoms with Crippen LogP contribution in [0.25, 0.3) is 0 Å². The number of amides is 1. The summed E-state index contributed by atoms with van der Waals surface area (Å²) >= 11 is 0. The van der Waals surface area contributed by atoms with Gasteiger partial charge in [-0.1, -0.05) is 24.3 Å². The SMILES string of the molecule is CNC(=O)c1ccc(C)cc1S(=O)c1ccccc1. The minimum Gasteiger partial charge on any atom is -0.355 e. The zero-order valence-corrected chi connectivity index (χ0v) is 11.7. The van der Waals surface area contributed by atoms with Gasteiger partial charge in [-0.3, -0.25) is 4.79 Å². The van der Waals surface area contributed by atoms with Gasteiger partial charge in [0.2, 0.25) is 0 Å². The summed E-state index contributed by atoms with van der Waals surface area (Å²) in [4.78, 5) is 13.1. The summed E-state index contributed by atoms with van der Waals surface area (Å²) in [6.07, 6.45) is 0. The summed E-state index contributed by atoms with van der Waals surface area (Å²) in [7, 11) is 0.215. The fourth-order valence-corrected chi connectivity index (χ4v) is 3.09. The van der Waals surface area contributed by atoms with E-state index in [1.807, 2.05) is 31.2 Å². The number of benzene rings is 2. The molecule has 0 aliphatic heterocycles. The molecule has 0 heterocycles. The van der Waals surface area contributed by atoms with Crippen molar-refractivity contribution >= 4 is 16.7 Å². The van der Waals surface area contributed by atoms with Crippen LogP contribution in [0.4, 0.5) is 0 Å². The molecule has 98 valence electrons. The van der Waals surface area contributed by atoms with Crippen molar-refractivity contribution < 1.29 is 9.00 Å². The zero-order valence-electron chi connectivity index (χ0n) is 10.8. The first kappa shape index (κ1) is 13.5. The van der Waals surface area contributed by atoms with E-state index in [1.165, 1.54) is 0 Å². The Morgan fingerprint density at radius 2 is 1.79 bits per heavy atom. The third-order valence-corrected chi connectivity index (χ3v) is 4.20. The van der Waals surface area contributed by atoms with Crippen molar-refractivity contribution in [3.63, 3.8) is 0 Å². The predicted molar refractivity (Wildman–Crippen MR) is 75.7 cm³/mol. The van der Waals surface area contributed by atoms with E-state index < -0.39 is 10.8 Å². The molecule has 2 aromatic rings. The lowest BCUT2D eigenvalue weighted by Gasteiger charge is -2.09. The lowest BCUT2D eigenvalue weighted by molar-refractivity contribution is 0.0960. The van der Waals surface area contributed by atoms with Crippen LogP contribution in [-0.2, 0) is 10.8 Å². The van der Waals surface area contributed by atoms with E-state index >= 15 is 0 Å². The highest BCUT2D eigenvalue weighted by Crippen LogP contribution is 2.21. The third kappa shape index (κ3) is 2.90. The molecule has 0 fully saturated rings. The molecule has 0 radical (unpaired) electrons. The molecule has 0 aromatic heterocycles. The lowest BCUT2D eigenvalue weighted by atomic mass is 10.1. The Bertz CT molecular complexity index is 623. The van der Waals surface area contributed by atoms with Crippen molar-refractivity contribution in [2.24, 2.45) is 0 Å². The molecule has 0 spiro atoms. The van der Waals surface area contributed by atoms with E-state index in [2.05, 4.69) is 5.32 Å². The topological polar surface area (TPSA) is 46.2 Å². The molecule has 1 N–H and O–H groups in total. The molecule has 1 atom stereocenters. The van der Waals surface area contributed by atoms with Crippen LogP contribution in [0.15, 0.2) is 58.3 Å². The zero-order chi connectivity index (χ0) is 13.8. The summed E-state index contributed by atoms with van der Waals surface area (Å²) in [6.45, 7) is 1.92. The molecule has 3 nitrogen and oxygen atoms in total. The van der Waals surface area contributed by atoms with Gasteiger partial charge in [0.1, 0.15) is 0 Å². The fraction of sp³-hybridized carbons (Fsp3) is 0.133. The fourth-order valence-electron chi connectivity index (χ4n) is 1.78. The first-order valence-corrected chi connectivity index (χ1v) is 7.08. The first-order valence-electron chi connectivity index (χ1n) is 5.93. The molecule has 0 bridgehead atoms. The van der Waals surface area contributed by atoms with E-state index in [0.29, 0.717) is 15.4 Å². The maximum atomic E-state index is 12.6. The smallest absolute Gasteiger partial charge is 0.252 e. The number of hydrogen-bond acceptors (Lipinski definition) is 2. The van der Waals surface area contributed by atoms with Crippen LogP contribution in [-0.4, -0.2) is 17.2 Å². The molecular formula is C15H15NO2S. The highest BCUT2D eigenvalue weighted by molar-refractivity contribution is 7.85. The average Bonchev–Trinajstić information content (AvgIpc) is 2.46. The van der Waals surface area contributed by atoms with E-state index in [4.69, 9.17) is 0 Å². The van der Waals surface area contributed by atoms with Crippen molar-refractivity contribution in [1.82, 2.24) is 5.32 Å². The number of rotatable bonds is 3. The van der Waals surface area contributed by atoms with Crippen molar-refractivity contribution in [3.8, 4) is 0 Å². The van der Waals surface area contributed by atoms with E-state index in [-0.39, 0.29) is 5.91 Å². The molecule has 0 aliphatic rings. The monoisotopic (exact) mass is 273 g/mol. The average molecular weight is 273 g/mol. The van der Waals surface area contributed by atoms with Gasteiger partial charge in [0.05, 0.1) is 21.3 Å². The second-order valence-corrected chi connectivity index (χ2v) is 5.61. The Morgan fingerprint density at radius 3 is 2.42 bits per heavy atom. The minimum atomic E-state index is -1.35. The normalized spacial score (nSPS) is 11.9. The second kappa shape index (κ2) is 5.80. The maximum absolute atomic E-state index is 12.6. The van der Waals surface area contributed by atoms with Gasteiger partial charge in [-0.25, -0.2) is 4.21 Å². The largest absolute Gasteiger partial charge is 0.355 e. The van der Waals surface area contributed by atoms with Gasteiger partial charge in [0.25, 0.3) is 5.91 Å². The van der Waals surface area contributed by atoms with Crippen LogP contribution < -0.4 is 5.32 Å². The van der Waals surface area contributed by atoms with E-state index in [9.17, 15) is 9.00 Å². The third-order valence-electron chi connectivity index (χ3n) is 2.77. The maximum Gasteiger partial charge on any atom is 0.252 e. The van der Waals surface area contributed by atoms with Crippen molar-refractivity contribution in [1.29, 1.82) is 0 Å². The summed E-state index contributed by atoms with van der Waals surface area (Å²) < 4.78 is 12.6. The molecule has 0 saturated heterocycles. The van der Waals surface area contributed by atoms with Crippen molar-refractivity contribution in [3.05, 3.63) is 59.7 Å². The summed E-state index contributed by atoms with van der Waals surface area (Å²) in [5.74, 6) is -0.223. The number of aryl methyl sites for hydroxylation is 1. The van der Waals surface area contributed by atoms with Crippen LogP contribution in [0.5, 0.6) is 0 Å². The number of carbonyl (C=O) groups excluding carboxylic acids is 1. The summed E-state index contributed by atoms with van der Waals surface area (Å²) in [5.41, 5.74) is 1.43. The highest BCUT2D eigenvalue weighted by Gasteiger charge is 2.16. The Labute approximate surface area is 115 Å². The van der Waals surface area contributed by atoms with Gasteiger partial charge in [0.15, 0.2) is 0 Å². The lowest BCUT2D eigenvalue weighted by Crippen LogP contribution is -2.20. The quantitative estimate of drug-likeness (QED) is 0.934. The van der Waals surface area contributed by atoms with Gasteiger partial charge in [-0.15, -0.1) is 0 Å². The first-order chi connectivity index (χ1) is 9.13. The molecule has 4 heteroatoms. The van der Waals surface area contributed by atoms with E-state index in [0.717, 1.165) is 5.56 Å². The van der Waals surface area contributed by atoms with E-state index in [1.54, 1.807) is 31.3 Å². The van der Waals surface area contributed by atoms with Crippen LogP contribution in [0, 0.1) is 6.92 Å². The Kier molecular flexibility index (Phi) is 4.12. The van der Waals surface area contributed by atoms with Crippen LogP contribution in [0.2, 0.25) is 0 Å². The second-order valence-electron chi connectivity index (χ2n) is 4.16. The standard InChI is InChI=1S/C15H15NO2S/c1-11-8-9-13(15(17)16-2)14(10-11)19(18)12-6-4-3-5-7-12/h3-10H,1-2H3,(H,16,17). The molecule has 0 aliphatic carbocycles. The predicted octanol–water partition coefficient (Wildman–Crippen LogP) is 2.52. The van der Waals surface area contributed by atoms with Gasteiger partial charge < -0.3 is 5.32 Å². The summed E-state index contributed by atoms with van der Waals surface area (Å²) in [6, 6.07) is 14.5. The molecule has 1 amide bonds. The molecule has 1 unspecified atom stereocenters. The van der Waals surface area contributed by atoms with Gasteiger partial charge in [-0.05, 0) is 36.8 Å². The molecule has 0 saturated carbocycles. The Hall–Kier alpha value is -1.94. The Balaban J connectivity index is 2.52. The number of hydrogen-bond donors (Lipinski definition) is 1. The van der Waals surface area contributed by atoms with Crippen LogP contribution in [0.3, 0.4) is 0 Å². The highest BCUT2D eigenvalue weighted by atomic mass is 32.2. The number of carbonyl (C=O) groups is 1. The van der Waals surface area contributed by atoms with Gasteiger partial charge in [0, 0.05) is 11.9 Å². The van der Waals surface area contributed by atoms with Crippen molar-refractivity contribution in [2.45, 2.75) is 16.7 Å². The van der Waals surface area contributed by atoms with Crippen molar-refractivity contribution in [2.75, 3.05) is 7.05 Å². The van der Waals surface area contributed by atoms with Crippen LogP contribution in [0.1, 0.15) is 15.9 Å². The molecule has 2 aromatic carbocycles. The van der Waals surface area contributed by atoms with Gasteiger partial charge in [-0.2, -0.15) is 0 Å². The Morgan fingerprint density at radius 1 is 1.11 bits per heavy atom. The molecule has 19 heavy (non-hydrogen) atoms. The number of nitrogens with one attached hydrogen (secondary N) is 1. The minimum absolute atomic E-state index is 0.223. The molecule has 2 rings (SSSR count). The van der Waals surface area contributed by atoms with Gasteiger partial charge >= 0.3 is 0 Å². The molecular weight excluding hydrogens is 258 g/mol.